The standard InChI is InChI=1S/C20H26N2O3S/c1-14-11-15(2)20(16(3)12-14)21-19(23)13-22(26(5,24)25)17(4)18-9-7-6-8-10-18/h6-12,17H,13H2,1-5H3,(H,21,23). The van der Waals surface area contributed by atoms with E-state index in [9.17, 15) is 13.2 Å². The van der Waals surface area contributed by atoms with E-state index in [1.165, 1.54) is 4.31 Å². The minimum Gasteiger partial charge on any atom is -0.324 e. The molecule has 140 valence electrons. The van der Waals surface area contributed by atoms with E-state index in [1.54, 1.807) is 6.92 Å². The Bertz CT molecular complexity index is 870. The average Bonchev–Trinajstić information content (AvgIpc) is 2.55. The van der Waals surface area contributed by atoms with Crippen molar-refractivity contribution in [2.24, 2.45) is 0 Å². The van der Waals surface area contributed by atoms with Crippen molar-refractivity contribution in [1.82, 2.24) is 4.31 Å². The number of benzene rings is 2. The number of nitrogens with one attached hydrogen (secondary N) is 1. The fourth-order valence-electron chi connectivity index (χ4n) is 3.14. The summed E-state index contributed by atoms with van der Waals surface area (Å²) in [7, 11) is -3.55. The van der Waals surface area contributed by atoms with Crippen LogP contribution in [0.25, 0.3) is 0 Å². The Balaban J connectivity index is 2.23. The first kappa shape index (κ1) is 20.1. The molecule has 0 heterocycles. The highest BCUT2D eigenvalue weighted by Gasteiger charge is 2.27. The first-order valence-corrected chi connectivity index (χ1v) is 10.3. The van der Waals surface area contributed by atoms with Gasteiger partial charge in [0.2, 0.25) is 15.9 Å². The summed E-state index contributed by atoms with van der Waals surface area (Å²) in [6.45, 7) is 7.40. The van der Waals surface area contributed by atoms with Crippen molar-refractivity contribution in [3.05, 3.63) is 64.7 Å². The Labute approximate surface area is 156 Å². The van der Waals surface area contributed by atoms with E-state index < -0.39 is 16.1 Å². The summed E-state index contributed by atoms with van der Waals surface area (Å²) >= 11 is 0. The average molecular weight is 375 g/mol. The topological polar surface area (TPSA) is 66.5 Å². The molecule has 1 atom stereocenters. The summed E-state index contributed by atoms with van der Waals surface area (Å²) in [6.07, 6.45) is 1.13. The summed E-state index contributed by atoms with van der Waals surface area (Å²) in [5, 5.41) is 2.87. The van der Waals surface area contributed by atoms with Gasteiger partial charge in [0, 0.05) is 11.7 Å². The molecular formula is C20H26N2O3S. The van der Waals surface area contributed by atoms with Crippen LogP contribution in [-0.2, 0) is 14.8 Å². The first-order valence-electron chi connectivity index (χ1n) is 8.49. The van der Waals surface area contributed by atoms with Crippen molar-refractivity contribution in [3.8, 4) is 0 Å². The number of carbonyl (C=O) groups excluding carboxylic acids is 1. The normalized spacial score (nSPS) is 12.8. The lowest BCUT2D eigenvalue weighted by atomic mass is 10.1. The van der Waals surface area contributed by atoms with Crippen molar-refractivity contribution < 1.29 is 13.2 Å². The molecule has 6 heteroatoms. The lowest BCUT2D eigenvalue weighted by Gasteiger charge is -2.27. The first-order chi connectivity index (χ1) is 12.1. The zero-order valence-corrected chi connectivity index (χ0v) is 16.7. The maximum atomic E-state index is 12.6. The van der Waals surface area contributed by atoms with E-state index in [0.29, 0.717) is 0 Å². The van der Waals surface area contributed by atoms with Gasteiger partial charge in [0.05, 0.1) is 12.8 Å². The molecule has 2 aromatic carbocycles. The summed E-state index contributed by atoms with van der Waals surface area (Å²) < 4.78 is 25.7. The molecule has 0 aromatic heterocycles. The summed E-state index contributed by atoms with van der Waals surface area (Å²) in [4.78, 5) is 12.6. The van der Waals surface area contributed by atoms with Crippen LogP contribution in [0.3, 0.4) is 0 Å². The molecule has 26 heavy (non-hydrogen) atoms. The number of amides is 1. The highest BCUT2D eigenvalue weighted by molar-refractivity contribution is 7.88. The van der Waals surface area contributed by atoms with Gasteiger partial charge in [-0.25, -0.2) is 8.42 Å². The largest absolute Gasteiger partial charge is 0.324 e. The molecule has 1 N–H and O–H groups in total. The SMILES string of the molecule is Cc1cc(C)c(NC(=O)CN(C(C)c2ccccc2)S(C)(=O)=O)c(C)c1. The van der Waals surface area contributed by atoms with E-state index in [-0.39, 0.29) is 12.5 Å². The van der Waals surface area contributed by atoms with Crippen molar-refractivity contribution in [2.75, 3.05) is 18.1 Å². The molecule has 1 unspecified atom stereocenters. The Morgan fingerprint density at radius 1 is 1.08 bits per heavy atom. The fraction of sp³-hybridized carbons (Fsp3) is 0.350. The summed E-state index contributed by atoms with van der Waals surface area (Å²) in [6, 6.07) is 12.8. The van der Waals surface area contributed by atoms with Gasteiger partial charge in [-0.1, -0.05) is 48.0 Å². The van der Waals surface area contributed by atoms with Crippen LogP contribution in [0.1, 0.15) is 35.2 Å². The van der Waals surface area contributed by atoms with Crippen molar-refractivity contribution in [1.29, 1.82) is 0 Å². The molecule has 1 amide bonds. The Morgan fingerprint density at radius 3 is 2.12 bits per heavy atom. The molecule has 0 fully saturated rings. The van der Waals surface area contributed by atoms with Crippen LogP contribution in [0.2, 0.25) is 0 Å². The monoisotopic (exact) mass is 374 g/mol. The van der Waals surface area contributed by atoms with Gasteiger partial charge in [0.1, 0.15) is 0 Å². The maximum absolute atomic E-state index is 12.6. The molecule has 0 saturated carbocycles. The van der Waals surface area contributed by atoms with Gasteiger partial charge in [-0.3, -0.25) is 4.79 Å². The Hall–Kier alpha value is -2.18. The van der Waals surface area contributed by atoms with Crippen LogP contribution < -0.4 is 5.32 Å². The quantitative estimate of drug-likeness (QED) is 0.840. The number of anilines is 1. The number of hydrogen-bond donors (Lipinski definition) is 1. The molecule has 5 nitrogen and oxygen atoms in total. The molecule has 0 aliphatic carbocycles. The zero-order chi connectivity index (χ0) is 19.5. The highest BCUT2D eigenvalue weighted by Crippen LogP contribution is 2.24. The summed E-state index contributed by atoms with van der Waals surface area (Å²) in [5.74, 6) is -0.353. The van der Waals surface area contributed by atoms with E-state index in [0.717, 1.165) is 34.2 Å². The molecule has 0 bridgehead atoms. The number of sulfonamides is 1. The number of hydrogen-bond acceptors (Lipinski definition) is 3. The second kappa shape index (κ2) is 8.01. The van der Waals surface area contributed by atoms with E-state index in [1.807, 2.05) is 63.2 Å². The van der Waals surface area contributed by atoms with Gasteiger partial charge in [0.25, 0.3) is 0 Å². The van der Waals surface area contributed by atoms with Crippen LogP contribution in [0.4, 0.5) is 5.69 Å². The van der Waals surface area contributed by atoms with Crippen LogP contribution in [0.15, 0.2) is 42.5 Å². The van der Waals surface area contributed by atoms with Crippen molar-refractivity contribution >= 4 is 21.6 Å². The molecule has 2 rings (SSSR count). The van der Waals surface area contributed by atoms with E-state index >= 15 is 0 Å². The minimum absolute atomic E-state index is 0.234. The van der Waals surface area contributed by atoms with Crippen molar-refractivity contribution in [3.63, 3.8) is 0 Å². The Morgan fingerprint density at radius 2 is 1.62 bits per heavy atom. The molecule has 0 radical (unpaired) electrons. The fourth-order valence-corrected chi connectivity index (χ4v) is 4.18. The van der Waals surface area contributed by atoms with E-state index in [4.69, 9.17) is 0 Å². The molecule has 2 aromatic rings. The van der Waals surface area contributed by atoms with Crippen LogP contribution in [-0.4, -0.2) is 31.4 Å². The van der Waals surface area contributed by atoms with Crippen molar-refractivity contribution in [2.45, 2.75) is 33.7 Å². The zero-order valence-electron chi connectivity index (χ0n) is 15.9. The minimum atomic E-state index is -3.55. The predicted octanol–water partition coefficient (Wildman–Crippen LogP) is 3.57. The van der Waals surface area contributed by atoms with Crippen LogP contribution in [0.5, 0.6) is 0 Å². The summed E-state index contributed by atoms with van der Waals surface area (Å²) in [5.41, 5.74) is 4.61. The van der Waals surface area contributed by atoms with E-state index in [2.05, 4.69) is 5.32 Å². The van der Waals surface area contributed by atoms with Gasteiger partial charge in [-0.15, -0.1) is 0 Å². The lowest BCUT2D eigenvalue weighted by molar-refractivity contribution is -0.116. The number of carbonyl (C=O) groups is 1. The third-order valence-corrected chi connectivity index (χ3v) is 5.68. The van der Waals surface area contributed by atoms with Crippen LogP contribution in [0, 0.1) is 20.8 Å². The molecular weight excluding hydrogens is 348 g/mol. The van der Waals surface area contributed by atoms with Crippen LogP contribution >= 0.6 is 0 Å². The molecule has 0 saturated heterocycles. The van der Waals surface area contributed by atoms with Gasteiger partial charge >= 0.3 is 0 Å². The lowest BCUT2D eigenvalue weighted by Crippen LogP contribution is -2.39. The van der Waals surface area contributed by atoms with Gasteiger partial charge in [-0.05, 0) is 44.4 Å². The number of nitrogens with zero attached hydrogens (tertiary/aromatic N) is 1. The second-order valence-corrected chi connectivity index (χ2v) is 8.65. The predicted molar refractivity (Wildman–Crippen MR) is 106 cm³/mol. The smallest absolute Gasteiger partial charge is 0.239 e. The van der Waals surface area contributed by atoms with Gasteiger partial charge in [-0.2, -0.15) is 4.31 Å². The number of aryl methyl sites for hydroxylation is 3. The molecule has 0 aliphatic rings. The molecule has 0 aliphatic heterocycles. The van der Waals surface area contributed by atoms with Gasteiger partial charge < -0.3 is 5.32 Å². The highest BCUT2D eigenvalue weighted by atomic mass is 32.2. The maximum Gasteiger partial charge on any atom is 0.239 e. The van der Waals surface area contributed by atoms with Gasteiger partial charge in [0.15, 0.2) is 0 Å². The molecule has 0 spiro atoms. The third-order valence-electron chi connectivity index (χ3n) is 4.38. The number of rotatable bonds is 6. The third kappa shape index (κ3) is 4.93. The Kier molecular flexibility index (Phi) is 6.21. The second-order valence-electron chi connectivity index (χ2n) is 6.72.